The number of hydrogen-bond acceptors (Lipinski definition) is 9. The summed E-state index contributed by atoms with van der Waals surface area (Å²) in [5, 5.41) is 3.27. The summed E-state index contributed by atoms with van der Waals surface area (Å²) in [7, 11) is -2.49. The van der Waals surface area contributed by atoms with Gasteiger partial charge in [0.25, 0.3) is 5.91 Å². The molecule has 0 bridgehead atoms. The Kier molecular flexibility index (Phi) is 9.42. The molecule has 3 fully saturated rings. The lowest BCUT2D eigenvalue weighted by atomic mass is 9.85. The molecule has 1 saturated heterocycles. The molecule has 6 rings (SSSR count). The summed E-state index contributed by atoms with van der Waals surface area (Å²) in [5.41, 5.74) is 5.16. The predicted octanol–water partition coefficient (Wildman–Crippen LogP) is 2.94. The Morgan fingerprint density at radius 2 is 2.00 bits per heavy atom. The van der Waals surface area contributed by atoms with E-state index in [1.165, 1.54) is 30.3 Å². The summed E-state index contributed by atoms with van der Waals surface area (Å²) in [4.78, 5) is 47.6. The van der Waals surface area contributed by atoms with Gasteiger partial charge in [0.15, 0.2) is 11.6 Å². The predicted molar refractivity (Wildman–Crippen MR) is 176 cm³/mol. The number of pyridine rings is 1. The van der Waals surface area contributed by atoms with Crippen molar-refractivity contribution in [1.82, 2.24) is 19.9 Å². The van der Waals surface area contributed by atoms with Gasteiger partial charge in [-0.05, 0) is 73.9 Å². The van der Waals surface area contributed by atoms with Crippen LogP contribution in [0.15, 0.2) is 36.5 Å². The van der Waals surface area contributed by atoms with Crippen LogP contribution in [0.5, 0.6) is 11.6 Å². The van der Waals surface area contributed by atoms with Crippen LogP contribution in [0.25, 0.3) is 10.8 Å². The zero-order valence-electron chi connectivity index (χ0n) is 27.5. The molecule has 4 aliphatic rings. The number of carbonyl (C=O) groups excluding carboxylic acids is 3. The summed E-state index contributed by atoms with van der Waals surface area (Å²) in [6, 6.07) is 2.56. The fourth-order valence-corrected chi connectivity index (χ4v) is 8.50. The largest absolute Gasteiger partial charge is 0.494 e. The average Bonchev–Trinajstić information content (AvgIpc) is 3.98. The molecule has 2 aliphatic carbocycles. The number of nitrogens with zero attached hydrogens (tertiary/aromatic N) is 2. The van der Waals surface area contributed by atoms with Crippen LogP contribution >= 0.6 is 0 Å². The van der Waals surface area contributed by atoms with E-state index in [9.17, 15) is 27.2 Å². The van der Waals surface area contributed by atoms with Gasteiger partial charge in [-0.25, -0.2) is 17.8 Å². The van der Waals surface area contributed by atoms with Crippen LogP contribution in [-0.2, 0) is 24.4 Å². The van der Waals surface area contributed by atoms with Gasteiger partial charge in [-0.1, -0.05) is 32.4 Å². The molecule has 48 heavy (non-hydrogen) atoms. The average molecular weight is 686 g/mol. The molecule has 2 aromatic rings. The molecular formula is C34H44FN5O7S. The zero-order valence-corrected chi connectivity index (χ0v) is 28.3. The Bertz CT molecular complexity index is 1730. The van der Waals surface area contributed by atoms with Crippen molar-refractivity contribution >= 4 is 38.5 Å². The van der Waals surface area contributed by atoms with E-state index in [4.69, 9.17) is 15.2 Å². The molecule has 12 nitrogen and oxygen atoms in total. The zero-order chi connectivity index (χ0) is 34.4. The van der Waals surface area contributed by atoms with Crippen molar-refractivity contribution in [3.8, 4) is 11.6 Å². The molecule has 0 radical (unpaired) electrons. The van der Waals surface area contributed by atoms with Gasteiger partial charge in [0.2, 0.25) is 27.7 Å². The Hall–Kier alpha value is -3.78. The van der Waals surface area contributed by atoms with E-state index in [1.54, 1.807) is 6.07 Å². The summed E-state index contributed by atoms with van der Waals surface area (Å²) < 4.78 is 53.8. The first kappa shape index (κ1) is 34.1. The standard InChI is InChI=1S/C34H44FN5O7S/c1-4-20-13-19(2)7-5-6-8-22-17-34(22,33(43)39-48(44,45)24-9-10-24)38-30(41)27-15-23(18-40(27)32(42)29(20)36)47-31-25-16-26(35)28(46-3)14-21(25)11-12-37-31/h6,8,11-12,14,16,19-20,22-24,27,29H,4-5,7,9-10,13,15,17-18,36H2,1-3H3,(H,38,41)(H,39,43)/t19-,20-,22-,23-,27+,29+,34-/m1/s1. The summed E-state index contributed by atoms with van der Waals surface area (Å²) in [6.07, 6.45) is 8.87. The topological polar surface area (TPSA) is 170 Å². The minimum absolute atomic E-state index is 0.00585. The number of halogens is 1. The first-order valence-corrected chi connectivity index (χ1v) is 18.3. The van der Waals surface area contributed by atoms with Crippen molar-refractivity contribution in [2.75, 3.05) is 13.7 Å². The number of carbonyl (C=O) groups is 3. The molecule has 2 aliphatic heterocycles. The number of fused-ring (bicyclic) bond motifs is 3. The molecular weight excluding hydrogens is 641 g/mol. The Morgan fingerprint density at radius 1 is 1.23 bits per heavy atom. The third-order valence-electron chi connectivity index (χ3n) is 10.3. The van der Waals surface area contributed by atoms with Gasteiger partial charge < -0.3 is 25.4 Å². The lowest BCUT2D eigenvalue weighted by molar-refractivity contribution is -0.141. The van der Waals surface area contributed by atoms with Crippen LogP contribution < -0.4 is 25.2 Å². The van der Waals surface area contributed by atoms with Gasteiger partial charge in [0, 0.05) is 23.9 Å². The van der Waals surface area contributed by atoms with Crippen molar-refractivity contribution in [3.05, 3.63) is 42.4 Å². The summed E-state index contributed by atoms with van der Waals surface area (Å²) in [6.45, 7) is 4.11. The minimum Gasteiger partial charge on any atom is -0.494 e. The van der Waals surface area contributed by atoms with Crippen molar-refractivity contribution in [3.63, 3.8) is 0 Å². The molecule has 4 N–H and O–H groups in total. The maximum atomic E-state index is 14.7. The highest BCUT2D eigenvalue weighted by molar-refractivity contribution is 7.91. The van der Waals surface area contributed by atoms with Gasteiger partial charge in [0.1, 0.15) is 17.7 Å². The van der Waals surface area contributed by atoms with Gasteiger partial charge in [-0.3, -0.25) is 19.1 Å². The number of sulfonamides is 1. The third kappa shape index (κ3) is 6.73. The van der Waals surface area contributed by atoms with E-state index in [2.05, 4.69) is 21.9 Å². The highest BCUT2D eigenvalue weighted by Crippen LogP contribution is 2.46. The molecule has 1 aromatic heterocycles. The maximum Gasteiger partial charge on any atom is 0.259 e. The van der Waals surface area contributed by atoms with Crippen LogP contribution in [0.2, 0.25) is 0 Å². The number of allylic oxidation sites excluding steroid dienone is 1. The lowest BCUT2D eigenvalue weighted by Crippen LogP contribution is -2.58. The quantitative estimate of drug-likeness (QED) is 0.371. The normalized spacial score (nSPS) is 31.2. The van der Waals surface area contributed by atoms with Crippen LogP contribution in [0.3, 0.4) is 0 Å². The smallest absolute Gasteiger partial charge is 0.259 e. The van der Waals surface area contributed by atoms with Crippen molar-refractivity contribution in [2.45, 2.75) is 94.2 Å². The number of amides is 3. The van der Waals surface area contributed by atoms with Crippen LogP contribution in [0.4, 0.5) is 4.39 Å². The monoisotopic (exact) mass is 685 g/mol. The number of benzene rings is 1. The van der Waals surface area contributed by atoms with Gasteiger partial charge >= 0.3 is 0 Å². The van der Waals surface area contributed by atoms with E-state index in [-0.39, 0.29) is 42.9 Å². The van der Waals surface area contributed by atoms with Crippen LogP contribution in [0, 0.1) is 23.6 Å². The van der Waals surface area contributed by atoms with Crippen molar-refractivity contribution in [2.24, 2.45) is 23.5 Å². The first-order valence-electron chi connectivity index (χ1n) is 16.8. The van der Waals surface area contributed by atoms with Crippen LogP contribution in [0.1, 0.15) is 65.2 Å². The molecule has 0 spiro atoms. The number of methoxy groups -OCH3 is 1. The number of aromatic nitrogens is 1. The summed E-state index contributed by atoms with van der Waals surface area (Å²) in [5.74, 6) is -2.45. The molecule has 1 aromatic carbocycles. The molecule has 2 saturated carbocycles. The van der Waals surface area contributed by atoms with Gasteiger partial charge in [-0.15, -0.1) is 0 Å². The second-order valence-electron chi connectivity index (χ2n) is 13.8. The summed E-state index contributed by atoms with van der Waals surface area (Å²) >= 11 is 0. The van der Waals surface area contributed by atoms with Crippen molar-refractivity contribution < 1.29 is 36.7 Å². The fraction of sp³-hybridized carbons (Fsp3) is 0.588. The van der Waals surface area contributed by atoms with Gasteiger partial charge in [-0.2, -0.15) is 0 Å². The lowest BCUT2D eigenvalue weighted by Gasteiger charge is -2.31. The van der Waals surface area contributed by atoms with E-state index in [0.29, 0.717) is 30.0 Å². The Balaban J connectivity index is 1.31. The third-order valence-corrected chi connectivity index (χ3v) is 12.1. The first-order chi connectivity index (χ1) is 22.9. The molecule has 260 valence electrons. The SMILES string of the molecule is CC[C@@H]1C[C@H](C)CCC=C[C@@H]2C[C@@]2(C(=O)NS(=O)(=O)C2CC2)NC(=O)[C@@H]2C[C@@H](Oc3nccc4cc(OC)c(F)cc34)CN2C(=O)[C@H]1N. The van der Waals surface area contributed by atoms with E-state index in [1.807, 2.05) is 19.1 Å². The number of nitrogens with two attached hydrogens (primary N) is 1. The van der Waals surface area contributed by atoms with E-state index >= 15 is 0 Å². The van der Waals surface area contributed by atoms with E-state index in [0.717, 1.165) is 19.3 Å². The Labute approximate surface area is 280 Å². The van der Waals surface area contributed by atoms with E-state index < -0.39 is 68.5 Å². The minimum atomic E-state index is -3.87. The maximum absolute atomic E-state index is 14.7. The number of hydrogen-bond donors (Lipinski definition) is 3. The number of rotatable bonds is 7. The van der Waals surface area contributed by atoms with Crippen molar-refractivity contribution in [1.29, 1.82) is 0 Å². The highest BCUT2D eigenvalue weighted by Gasteiger charge is 2.62. The second-order valence-corrected chi connectivity index (χ2v) is 15.8. The molecule has 14 heteroatoms. The highest BCUT2D eigenvalue weighted by atomic mass is 32.2. The molecule has 0 unspecified atom stereocenters. The number of nitrogens with one attached hydrogen (secondary N) is 2. The fourth-order valence-electron chi connectivity index (χ4n) is 7.13. The van der Waals surface area contributed by atoms with Crippen LogP contribution in [-0.4, -0.2) is 78.7 Å². The molecule has 3 amide bonds. The number of ether oxygens (including phenoxy) is 2. The van der Waals surface area contributed by atoms with Gasteiger partial charge in [0.05, 0.1) is 24.9 Å². The molecule has 7 atom stereocenters. The molecule has 3 heterocycles. The second kappa shape index (κ2) is 13.3. The Morgan fingerprint density at radius 3 is 2.71 bits per heavy atom.